The van der Waals surface area contributed by atoms with Crippen molar-refractivity contribution in [2.45, 2.75) is 12.5 Å². The van der Waals surface area contributed by atoms with Gasteiger partial charge in [0.25, 0.3) is 0 Å². The van der Waals surface area contributed by atoms with E-state index in [1.165, 1.54) is 11.3 Å². The smallest absolute Gasteiger partial charge is 0.175 e. The number of ketones is 1. The van der Waals surface area contributed by atoms with Gasteiger partial charge in [0.15, 0.2) is 5.78 Å². The van der Waals surface area contributed by atoms with Crippen LogP contribution in [0.1, 0.15) is 27.7 Å². The van der Waals surface area contributed by atoms with E-state index in [2.05, 4.69) is 17.9 Å². The number of hydrogen-bond acceptors (Lipinski definition) is 3. The summed E-state index contributed by atoms with van der Waals surface area (Å²) in [5.74, 6) is 0.201. The van der Waals surface area contributed by atoms with Crippen molar-refractivity contribution in [3.63, 3.8) is 0 Å². The maximum absolute atomic E-state index is 11.4. The highest BCUT2D eigenvalue weighted by Crippen LogP contribution is 2.34. The molecule has 13 heavy (non-hydrogen) atoms. The first-order valence-electron chi connectivity index (χ1n) is 3.78. The molecule has 0 spiro atoms. The van der Waals surface area contributed by atoms with E-state index in [0.29, 0.717) is 10.7 Å². The number of thiol groups is 1. The van der Waals surface area contributed by atoms with Crippen molar-refractivity contribution < 1.29 is 4.79 Å². The third kappa shape index (κ3) is 1.63. The average Bonchev–Trinajstić information content (AvgIpc) is 2.56. The maximum atomic E-state index is 11.4. The minimum absolute atomic E-state index is 0.0405. The molecule has 0 bridgehead atoms. The molecular weight excluding hydrogens is 222 g/mol. The van der Waals surface area contributed by atoms with Gasteiger partial charge >= 0.3 is 0 Å². The molecule has 0 radical (unpaired) electrons. The molecule has 1 N–H and O–H groups in total. The Balaban J connectivity index is 2.28. The van der Waals surface area contributed by atoms with Crippen LogP contribution in [-0.2, 0) is 0 Å². The zero-order chi connectivity index (χ0) is 9.42. The molecule has 0 fully saturated rings. The Labute approximate surface area is 90.8 Å². The molecule has 1 aromatic rings. The lowest BCUT2D eigenvalue weighted by Crippen LogP contribution is -2.21. The fourth-order valence-electron chi connectivity index (χ4n) is 1.49. The number of nitrogens with one attached hydrogen (secondary N) is 1. The van der Waals surface area contributed by atoms with E-state index in [1.54, 1.807) is 0 Å². The maximum Gasteiger partial charge on any atom is 0.175 e. The van der Waals surface area contributed by atoms with Crippen molar-refractivity contribution in [3.8, 4) is 0 Å². The Kier molecular flexibility index (Phi) is 2.40. The summed E-state index contributed by atoms with van der Waals surface area (Å²) in [6, 6.07) is 2.01. The van der Waals surface area contributed by atoms with Crippen LogP contribution in [0.25, 0.3) is 0 Å². The number of carbonyl (C=O) groups is 1. The zero-order valence-electron chi connectivity index (χ0n) is 6.61. The molecule has 1 aliphatic rings. The van der Waals surface area contributed by atoms with Crippen molar-refractivity contribution in [2.24, 2.45) is 0 Å². The summed E-state index contributed by atoms with van der Waals surface area (Å²) in [7, 11) is 0. The van der Waals surface area contributed by atoms with Crippen molar-refractivity contribution in [3.05, 3.63) is 21.9 Å². The minimum Gasteiger partial charge on any atom is -0.364 e. The lowest BCUT2D eigenvalue weighted by Gasteiger charge is -2.10. The number of thiocarbonyl (C=S) groups is 1. The molecule has 0 amide bonds. The largest absolute Gasteiger partial charge is 0.364 e. The predicted octanol–water partition coefficient (Wildman–Crippen LogP) is 2.18. The normalized spacial score (nSPS) is 20.1. The number of hydrogen-bond donors (Lipinski definition) is 2. The molecule has 1 aliphatic carbocycles. The van der Waals surface area contributed by atoms with Gasteiger partial charge in [0, 0.05) is 6.42 Å². The van der Waals surface area contributed by atoms with Gasteiger partial charge in [0.05, 0.1) is 10.9 Å². The van der Waals surface area contributed by atoms with Gasteiger partial charge in [-0.15, -0.1) is 24.0 Å². The van der Waals surface area contributed by atoms with Crippen LogP contribution in [0.5, 0.6) is 0 Å². The first-order valence-corrected chi connectivity index (χ1v) is 5.52. The zero-order valence-corrected chi connectivity index (χ0v) is 9.14. The number of rotatable bonds is 1. The highest BCUT2D eigenvalue weighted by molar-refractivity contribution is 8.11. The summed E-state index contributed by atoms with van der Waals surface area (Å²) >= 11 is 10.3. The highest BCUT2D eigenvalue weighted by Gasteiger charge is 2.30. The van der Waals surface area contributed by atoms with Crippen LogP contribution in [0.15, 0.2) is 11.4 Å². The second kappa shape index (κ2) is 3.40. The van der Waals surface area contributed by atoms with Gasteiger partial charge in [0.1, 0.15) is 4.32 Å². The van der Waals surface area contributed by atoms with E-state index in [0.717, 1.165) is 10.4 Å². The van der Waals surface area contributed by atoms with Gasteiger partial charge < -0.3 is 5.32 Å². The lowest BCUT2D eigenvalue weighted by molar-refractivity contribution is 0.0991. The minimum atomic E-state index is 0.0405. The van der Waals surface area contributed by atoms with Gasteiger partial charge in [-0.25, -0.2) is 0 Å². The van der Waals surface area contributed by atoms with Crippen molar-refractivity contribution >= 4 is 46.3 Å². The first kappa shape index (κ1) is 9.18. The molecule has 0 aliphatic heterocycles. The van der Waals surface area contributed by atoms with Crippen molar-refractivity contribution in [1.29, 1.82) is 0 Å². The Hall–Kier alpha value is -0.390. The third-order valence-electron chi connectivity index (χ3n) is 2.01. The summed E-state index contributed by atoms with van der Waals surface area (Å²) in [5.41, 5.74) is 1.06. The van der Waals surface area contributed by atoms with Crippen LogP contribution in [-0.4, -0.2) is 10.1 Å². The van der Waals surface area contributed by atoms with E-state index >= 15 is 0 Å². The number of carbonyl (C=O) groups excluding carboxylic acids is 1. The fraction of sp³-hybridized carbons (Fsp3) is 0.250. The molecule has 0 saturated heterocycles. The summed E-state index contributed by atoms with van der Waals surface area (Å²) in [5, 5.41) is 4.92. The first-order chi connectivity index (χ1) is 6.18. The average molecular weight is 229 g/mol. The molecule has 1 heterocycles. The van der Waals surface area contributed by atoms with Gasteiger partial charge in [-0.2, -0.15) is 0 Å². The molecule has 0 saturated carbocycles. The van der Waals surface area contributed by atoms with Crippen LogP contribution in [0, 0.1) is 0 Å². The Bertz CT molecular complexity index is 371. The summed E-state index contributed by atoms with van der Waals surface area (Å²) in [6.07, 6.45) is 0.503. The van der Waals surface area contributed by atoms with E-state index in [9.17, 15) is 4.79 Å². The molecule has 1 atom stereocenters. The third-order valence-corrected chi connectivity index (χ3v) is 3.23. The fourth-order valence-corrected chi connectivity index (χ4v) is 2.70. The molecule has 68 valence electrons. The van der Waals surface area contributed by atoms with Gasteiger partial charge in [0.2, 0.25) is 0 Å². The van der Waals surface area contributed by atoms with Gasteiger partial charge in [-0.3, -0.25) is 4.79 Å². The van der Waals surface area contributed by atoms with E-state index in [-0.39, 0.29) is 11.8 Å². The summed E-state index contributed by atoms with van der Waals surface area (Å²) < 4.78 is 0.442. The Morgan fingerprint density at radius 2 is 2.54 bits per heavy atom. The second-order valence-corrected chi connectivity index (χ2v) is 4.91. The van der Waals surface area contributed by atoms with Crippen molar-refractivity contribution in [1.82, 2.24) is 5.32 Å². The predicted molar refractivity (Wildman–Crippen MR) is 60.7 cm³/mol. The number of fused-ring (bicyclic) bond motifs is 1. The SMILES string of the molecule is O=C1CC(NC(=S)S)c2ccsc21. The Morgan fingerprint density at radius 3 is 3.23 bits per heavy atom. The number of Topliss-reactive ketones (excluding diaryl/α,β-unsaturated/α-hetero) is 1. The van der Waals surface area contributed by atoms with E-state index in [1.807, 2.05) is 11.4 Å². The standard InChI is InChI=1S/C8H7NOS3/c10-6-3-5(9-8(11)12)4-1-2-13-7(4)6/h1-2,5H,3H2,(H2,9,11,12). The molecular formula is C8H7NOS3. The van der Waals surface area contributed by atoms with E-state index in [4.69, 9.17) is 12.2 Å². The molecule has 2 rings (SSSR count). The highest BCUT2D eigenvalue weighted by atomic mass is 32.1. The van der Waals surface area contributed by atoms with Crippen LogP contribution in [0.3, 0.4) is 0 Å². The van der Waals surface area contributed by atoms with Crippen molar-refractivity contribution in [2.75, 3.05) is 0 Å². The Morgan fingerprint density at radius 1 is 1.77 bits per heavy atom. The molecule has 0 aromatic carbocycles. The molecule has 2 nitrogen and oxygen atoms in total. The summed E-state index contributed by atoms with van der Waals surface area (Å²) in [6.45, 7) is 0. The monoisotopic (exact) mass is 229 g/mol. The van der Waals surface area contributed by atoms with Gasteiger partial charge in [-0.05, 0) is 17.0 Å². The van der Waals surface area contributed by atoms with Crippen LogP contribution in [0.2, 0.25) is 0 Å². The topological polar surface area (TPSA) is 29.1 Å². The number of thiophene rings is 1. The lowest BCUT2D eigenvalue weighted by atomic mass is 10.2. The van der Waals surface area contributed by atoms with E-state index < -0.39 is 0 Å². The second-order valence-electron chi connectivity index (χ2n) is 2.83. The molecule has 1 aromatic heterocycles. The quantitative estimate of drug-likeness (QED) is 0.571. The van der Waals surface area contributed by atoms with Crippen LogP contribution >= 0.6 is 36.2 Å². The van der Waals surface area contributed by atoms with Gasteiger partial charge in [-0.1, -0.05) is 12.2 Å². The van der Waals surface area contributed by atoms with Crippen LogP contribution < -0.4 is 5.32 Å². The molecule has 1 unspecified atom stereocenters. The van der Waals surface area contributed by atoms with Crippen LogP contribution in [0.4, 0.5) is 0 Å². The summed E-state index contributed by atoms with van der Waals surface area (Å²) in [4.78, 5) is 12.3. The molecule has 5 heteroatoms.